The number of hydrogen-bond donors (Lipinski definition) is 1. The highest BCUT2D eigenvalue weighted by atomic mass is 16.5. The monoisotopic (exact) mass is 273 g/mol. The zero-order valence-corrected chi connectivity index (χ0v) is 11.1. The molecule has 6 heteroatoms. The second kappa shape index (κ2) is 5.05. The molecule has 0 bridgehead atoms. The van der Waals surface area contributed by atoms with Gasteiger partial charge in [-0.2, -0.15) is 0 Å². The molecule has 0 saturated carbocycles. The molecule has 2 aromatic rings. The van der Waals surface area contributed by atoms with Crippen LogP contribution in [0.5, 0.6) is 0 Å². The highest BCUT2D eigenvalue weighted by Gasteiger charge is 2.37. The Morgan fingerprint density at radius 2 is 2.10 bits per heavy atom. The van der Waals surface area contributed by atoms with Crippen molar-refractivity contribution in [2.24, 2.45) is 5.92 Å². The number of para-hydroxylation sites is 2. The van der Waals surface area contributed by atoms with Crippen molar-refractivity contribution in [1.82, 2.24) is 9.97 Å². The van der Waals surface area contributed by atoms with Crippen LogP contribution in [0.15, 0.2) is 30.5 Å². The van der Waals surface area contributed by atoms with Gasteiger partial charge >= 0.3 is 5.97 Å². The third kappa shape index (κ3) is 2.18. The largest absolute Gasteiger partial charge is 0.481 e. The number of nitrogens with zero attached hydrogens (tertiary/aromatic N) is 3. The van der Waals surface area contributed by atoms with Crippen molar-refractivity contribution in [3.63, 3.8) is 0 Å². The van der Waals surface area contributed by atoms with Crippen molar-refractivity contribution in [3.05, 3.63) is 30.5 Å². The lowest BCUT2D eigenvalue weighted by molar-refractivity contribution is -0.141. The molecule has 0 amide bonds. The molecular weight excluding hydrogens is 258 g/mol. The lowest BCUT2D eigenvalue weighted by Gasteiger charge is -2.27. The Bertz CT molecular complexity index is 646. The molecule has 0 aliphatic carbocycles. The third-order valence-corrected chi connectivity index (χ3v) is 3.66. The van der Waals surface area contributed by atoms with E-state index in [2.05, 4.69) is 9.97 Å². The van der Waals surface area contributed by atoms with Gasteiger partial charge in [-0.3, -0.25) is 9.78 Å². The van der Waals surface area contributed by atoms with Crippen LogP contribution in [0.3, 0.4) is 0 Å². The van der Waals surface area contributed by atoms with E-state index in [0.717, 1.165) is 11.0 Å². The Morgan fingerprint density at radius 3 is 2.85 bits per heavy atom. The van der Waals surface area contributed by atoms with Crippen LogP contribution in [0.4, 0.5) is 5.82 Å². The molecule has 1 aliphatic heterocycles. The molecule has 1 saturated heterocycles. The molecule has 0 radical (unpaired) electrons. The summed E-state index contributed by atoms with van der Waals surface area (Å²) in [6.45, 7) is 0.632. The summed E-state index contributed by atoms with van der Waals surface area (Å²) in [5.41, 5.74) is 1.62. The van der Waals surface area contributed by atoms with Gasteiger partial charge in [0.25, 0.3) is 0 Å². The van der Waals surface area contributed by atoms with E-state index in [1.165, 1.54) is 0 Å². The van der Waals surface area contributed by atoms with Gasteiger partial charge < -0.3 is 14.7 Å². The Labute approximate surface area is 116 Å². The van der Waals surface area contributed by atoms with E-state index < -0.39 is 11.9 Å². The number of aliphatic carboxylic acids is 1. The Morgan fingerprint density at radius 1 is 1.35 bits per heavy atom. The number of ether oxygens (including phenoxy) is 1. The molecule has 1 aromatic heterocycles. The lowest BCUT2D eigenvalue weighted by Crippen LogP contribution is -2.41. The topological polar surface area (TPSA) is 75.5 Å². The van der Waals surface area contributed by atoms with Gasteiger partial charge in [0, 0.05) is 7.05 Å². The standard InChI is InChI=1S/C14H15N3O3/c1-17(12-8-20-7-9(12)14(18)19)13-6-15-10-4-2-3-5-11(10)16-13/h2-6,9,12H,7-8H2,1H3,(H,18,19). The number of hydrogen-bond acceptors (Lipinski definition) is 5. The van der Waals surface area contributed by atoms with E-state index >= 15 is 0 Å². The third-order valence-electron chi connectivity index (χ3n) is 3.66. The van der Waals surface area contributed by atoms with Crippen LogP contribution >= 0.6 is 0 Å². The summed E-state index contributed by atoms with van der Waals surface area (Å²) >= 11 is 0. The molecule has 20 heavy (non-hydrogen) atoms. The van der Waals surface area contributed by atoms with Crippen molar-refractivity contribution in [2.75, 3.05) is 25.2 Å². The van der Waals surface area contributed by atoms with E-state index in [-0.39, 0.29) is 12.6 Å². The number of carboxylic acid groups (broad SMARTS) is 1. The second-order valence-electron chi connectivity index (χ2n) is 4.88. The molecule has 1 aromatic carbocycles. The first-order valence-corrected chi connectivity index (χ1v) is 6.42. The van der Waals surface area contributed by atoms with Crippen molar-refractivity contribution < 1.29 is 14.6 Å². The van der Waals surface area contributed by atoms with Crippen molar-refractivity contribution in [2.45, 2.75) is 6.04 Å². The van der Waals surface area contributed by atoms with Crippen LogP contribution in [0.2, 0.25) is 0 Å². The number of anilines is 1. The summed E-state index contributed by atoms with van der Waals surface area (Å²) in [5.74, 6) is -0.716. The molecule has 6 nitrogen and oxygen atoms in total. The number of carbonyl (C=O) groups is 1. The smallest absolute Gasteiger partial charge is 0.311 e. The van der Waals surface area contributed by atoms with Crippen LogP contribution in [0.25, 0.3) is 11.0 Å². The molecule has 3 rings (SSSR count). The molecule has 2 atom stereocenters. The second-order valence-corrected chi connectivity index (χ2v) is 4.88. The highest BCUT2D eigenvalue weighted by molar-refractivity contribution is 5.76. The van der Waals surface area contributed by atoms with E-state index in [1.54, 1.807) is 6.20 Å². The zero-order chi connectivity index (χ0) is 14.1. The minimum absolute atomic E-state index is 0.219. The van der Waals surface area contributed by atoms with Gasteiger partial charge in [-0.15, -0.1) is 0 Å². The van der Waals surface area contributed by atoms with Gasteiger partial charge in [0.2, 0.25) is 0 Å². The number of rotatable bonds is 3. The SMILES string of the molecule is CN(c1cnc2ccccc2n1)C1COCC1C(=O)O. The molecule has 2 heterocycles. The van der Waals surface area contributed by atoms with E-state index in [0.29, 0.717) is 12.4 Å². The molecule has 1 aliphatic rings. The van der Waals surface area contributed by atoms with Gasteiger partial charge in [-0.1, -0.05) is 12.1 Å². The number of carboxylic acids is 1. The Hall–Kier alpha value is -2.21. The highest BCUT2D eigenvalue weighted by Crippen LogP contribution is 2.24. The molecule has 104 valence electrons. The summed E-state index contributed by atoms with van der Waals surface area (Å²) < 4.78 is 5.29. The predicted octanol–water partition coefficient (Wildman–Crippen LogP) is 1.17. The van der Waals surface area contributed by atoms with Gasteiger partial charge in [0.1, 0.15) is 11.7 Å². The molecule has 1 N–H and O–H groups in total. The predicted molar refractivity (Wildman–Crippen MR) is 73.7 cm³/mol. The fourth-order valence-electron chi connectivity index (χ4n) is 2.45. The minimum Gasteiger partial charge on any atom is -0.481 e. The van der Waals surface area contributed by atoms with Gasteiger partial charge in [-0.05, 0) is 12.1 Å². The van der Waals surface area contributed by atoms with Crippen LogP contribution in [-0.2, 0) is 9.53 Å². The summed E-state index contributed by atoms with van der Waals surface area (Å²) in [6.07, 6.45) is 1.67. The quantitative estimate of drug-likeness (QED) is 0.904. The maximum atomic E-state index is 11.2. The number of aromatic nitrogens is 2. The molecular formula is C14H15N3O3. The molecule has 2 unspecified atom stereocenters. The van der Waals surface area contributed by atoms with E-state index in [1.807, 2.05) is 36.2 Å². The molecule has 0 spiro atoms. The number of likely N-dealkylation sites (N-methyl/N-ethyl adjacent to an activating group) is 1. The van der Waals surface area contributed by atoms with Crippen LogP contribution < -0.4 is 4.90 Å². The normalized spacial score (nSPS) is 22.1. The molecule has 1 fully saturated rings. The maximum Gasteiger partial charge on any atom is 0.311 e. The summed E-state index contributed by atoms with van der Waals surface area (Å²) in [4.78, 5) is 21.9. The fourth-order valence-corrected chi connectivity index (χ4v) is 2.45. The Kier molecular flexibility index (Phi) is 3.23. The summed E-state index contributed by atoms with van der Waals surface area (Å²) in [6, 6.07) is 7.37. The zero-order valence-electron chi connectivity index (χ0n) is 11.1. The first-order valence-electron chi connectivity index (χ1n) is 6.42. The first kappa shape index (κ1) is 12.8. The number of benzene rings is 1. The minimum atomic E-state index is -0.840. The average Bonchev–Trinajstić information content (AvgIpc) is 2.95. The van der Waals surface area contributed by atoms with Crippen molar-refractivity contribution >= 4 is 22.8 Å². The first-order chi connectivity index (χ1) is 9.66. The van der Waals surface area contributed by atoms with Gasteiger partial charge in [-0.25, -0.2) is 4.98 Å². The van der Waals surface area contributed by atoms with Crippen LogP contribution in [0, 0.1) is 5.92 Å². The van der Waals surface area contributed by atoms with E-state index in [4.69, 9.17) is 4.74 Å². The van der Waals surface area contributed by atoms with Crippen molar-refractivity contribution in [3.8, 4) is 0 Å². The average molecular weight is 273 g/mol. The summed E-state index contributed by atoms with van der Waals surface area (Å²) in [5, 5.41) is 9.21. The van der Waals surface area contributed by atoms with Crippen LogP contribution in [-0.4, -0.2) is 47.3 Å². The fraction of sp³-hybridized carbons (Fsp3) is 0.357. The van der Waals surface area contributed by atoms with E-state index in [9.17, 15) is 9.90 Å². The van der Waals surface area contributed by atoms with Crippen LogP contribution in [0.1, 0.15) is 0 Å². The maximum absolute atomic E-state index is 11.2. The lowest BCUT2D eigenvalue weighted by atomic mass is 10.0. The number of fused-ring (bicyclic) bond motifs is 1. The summed E-state index contributed by atoms with van der Waals surface area (Å²) in [7, 11) is 1.83. The van der Waals surface area contributed by atoms with Gasteiger partial charge in [0.15, 0.2) is 0 Å². The van der Waals surface area contributed by atoms with Crippen molar-refractivity contribution in [1.29, 1.82) is 0 Å². The Balaban J connectivity index is 1.91. The van der Waals surface area contributed by atoms with Gasteiger partial charge in [0.05, 0.1) is 36.5 Å².